The number of benzene rings is 1. The lowest BCUT2D eigenvalue weighted by molar-refractivity contribution is -0.113. The Morgan fingerprint density at radius 3 is 2.79 bits per heavy atom. The predicted octanol–water partition coefficient (Wildman–Crippen LogP) is 3.28. The first-order chi connectivity index (χ1) is 9.13. The molecule has 1 saturated heterocycles. The first kappa shape index (κ1) is 11.8. The number of amides is 1. The van der Waals surface area contributed by atoms with Crippen LogP contribution < -0.4 is 5.32 Å². The van der Waals surface area contributed by atoms with Crippen molar-refractivity contribution in [1.82, 2.24) is 0 Å². The van der Waals surface area contributed by atoms with E-state index in [-0.39, 0.29) is 18.1 Å². The van der Waals surface area contributed by atoms with Gasteiger partial charge in [-0.15, -0.1) is 0 Å². The van der Waals surface area contributed by atoms with Crippen LogP contribution in [-0.2, 0) is 9.53 Å². The number of nitrogens with one attached hydrogen (secondary N) is 1. The number of fused-ring (bicyclic) bond motifs is 5. The third-order valence-electron chi connectivity index (χ3n) is 4.10. The van der Waals surface area contributed by atoms with E-state index < -0.39 is 0 Å². The lowest BCUT2D eigenvalue weighted by Gasteiger charge is -2.12. The maximum atomic E-state index is 12.2. The van der Waals surface area contributed by atoms with Gasteiger partial charge < -0.3 is 10.1 Å². The zero-order valence-corrected chi connectivity index (χ0v) is 11.4. The summed E-state index contributed by atoms with van der Waals surface area (Å²) in [5.41, 5.74) is 1.41. The molecule has 0 spiro atoms. The van der Waals surface area contributed by atoms with Gasteiger partial charge in [0, 0.05) is 11.3 Å². The van der Waals surface area contributed by atoms with Gasteiger partial charge >= 0.3 is 0 Å². The molecule has 1 aliphatic carbocycles. The fraction of sp³-hybridized carbons (Fsp3) is 0.357. The first-order valence-electron chi connectivity index (χ1n) is 6.27. The second kappa shape index (κ2) is 3.98. The number of halogens is 2. The number of carbonyl (C=O) groups is 1. The molecular formula is C14H11Cl2NO2. The second-order valence-electron chi connectivity index (χ2n) is 5.29. The highest BCUT2D eigenvalue weighted by molar-refractivity contribution is 6.42. The average Bonchev–Trinajstić information content (AvgIpc) is 2.99. The molecule has 1 amide bonds. The van der Waals surface area contributed by atoms with E-state index in [1.165, 1.54) is 6.42 Å². The molecule has 1 N–H and O–H groups in total. The van der Waals surface area contributed by atoms with E-state index in [4.69, 9.17) is 27.9 Å². The van der Waals surface area contributed by atoms with Crippen molar-refractivity contribution in [3.8, 4) is 0 Å². The molecule has 1 aromatic carbocycles. The Morgan fingerprint density at radius 2 is 2.11 bits per heavy atom. The molecule has 1 saturated carbocycles. The number of ether oxygens (including phenoxy) is 1. The summed E-state index contributed by atoms with van der Waals surface area (Å²) in [6.45, 7) is 0. The standard InChI is InChI=1S/C14H11Cl2NO2/c15-10-2-1-6(3-11(10)16)17-14(18)9-5-12-7-4-8(7)13(9)19-12/h1-3,5,7-8,12-13H,4H2,(H,17,18). The monoisotopic (exact) mass is 295 g/mol. The Hall–Kier alpha value is -1.03. The van der Waals surface area contributed by atoms with Crippen LogP contribution >= 0.6 is 23.2 Å². The smallest absolute Gasteiger partial charge is 0.254 e. The summed E-state index contributed by atoms with van der Waals surface area (Å²) in [6.07, 6.45) is 3.31. The van der Waals surface area contributed by atoms with E-state index in [0.29, 0.717) is 27.6 Å². The topological polar surface area (TPSA) is 38.3 Å². The van der Waals surface area contributed by atoms with E-state index in [1.807, 2.05) is 6.08 Å². The molecule has 5 heteroatoms. The number of anilines is 1. The summed E-state index contributed by atoms with van der Waals surface area (Å²) >= 11 is 11.8. The highest BCUT2D eigenvalue weighted by Crippen LogP contribution is 2.58. The van der Waals surface area contributed by atoms with Gasteiger partial charge in [0.05, 0.1) is 22.3 Å². The maximum Gasteiger partial charge on any atom is 0.254 e. The Balaban J connectivity index is 1.53. The fourth-order valence-electron chi connectivity index (χ4n) is 3.05. The minimum Gasteiger partial charge on any atom is -0.365 e. The summed E-state index contributed by atoms with van der Waals surface area (Å²) in [5, 5.41) is 3.75. The maximum absolute atomic E-state index is 12.2. The molecule has 1 aromatic rings. The molecule has 2 aliphatic heterocycles. The summed E-state index contributed by atoms with van der Waals surface area (Å²) in [6, 6.07) is 5.05. The highest BCUT2D eigenvalue weighted by atomic mass is 35.5. The van der Waals surface area contributed by atoms with E-state index in [1.54, 1.807) is 18.2 Å². The second-order valence-corrected chi connectivity index (χ2v) is 6.10. The van der Waals surface area contributed by atoms with Crippen LogP contribution in [0.2, 0.25) is 10.0 Å². The highest BCUT2D eigenvalue weighted by Gasteiger charge is 2.60. The van der Waals surface area contributed by atoms with Gasteiger partial charge in [0.25, 0.3) is 5.91 Å². The van der Waals surface area contributed by atoms with Gasteiger partial charge in [-0.3, -0.25) is 4.79 Å². The van der Waals surface area contributed by atoms with Gasteiger partial charge in [-0.2, -0.15) is 0 Å². The summed E-state index contributed by atoms with van der Waals surface area (Å²) in [4.78, 5) is 12.2. The molecule has 98 valence electrons. The minimum absolute atomic E-state index is 0.00206. The lowest BCUT2D eigenvalue weighted by Crippen LogP contribution is -2.23. The summed E-state index contributed by atoms with van der Waals surface area (Å²) in [5.74, 6) is 1.12. The summed E-state index contributed by atoms with van der Waals surface area (Å²) < 4.78 is 5.75. The van der Waals surface area contributed by atoms with Crippen molar-refractivity contribution in [3.63, 3.8) is 0 Å². The number of rotatable bonds is 2. The zero-order chi connectivity index (χ0) is 13.1. The van der Waals surface area contributed by atoms with Crippen LogP contribution in [0, 0.1) is 11.8 Å². The number of carbonyl (C=O) groups excluding carboxylic acids is 1. The van der Waals surface area contributed by atoms with Gasteiger partial charge in [0.15, 0.2) is 0 Å². The van der Waals surface area contributed by atoms with Crippen molar-refractivity contribution < 1.29 is 9.53 Å². The van der Waals surface area contributed by atoms with E-state index >= 15 is 0 Å². The van der Waals surface area contributed by atoms with Crippen molar-refractivity contribution >= 4 is 34.8 Å². The predicted molar refractivity (Wildman–Crippen MR) is 73.4 cm³/mol. The van der Waals surface area contributed by atoms with Crippen molar-refractivity contribution in [1.29, 1.82) is 0 Å². The molecule has 3 nitrogen and oxygen atoms in total. The van der Waals surface area contributed by atoms with Gasteiger partial charge in [0.2, 0.25) is 0 Å². The van der Waals surface area contributed by atoms with E-state index in [0.717, 1.165) is 5.57 Å². The quantitative estimate of drug-likeness (QED) is 0.909. The third kappa shape index (κ3) is 1.80. The van der Waals surface area contributed by atoms with E-state index in [9.17, 15) is 4.79 Å². The molecule has 4 unspecified atom stereocenters. The SMILES string of the molecule is O=C(Nc1ccc(Cl)c(Cl)c1)C1=CC2OC1C1CC21. The molecule has 19 heavy (non-hydrogen) atoms. The van der Waals surface area contributed by atoms with Gasteiger partial charge in [-0.05, 0) is 42.5 Å². The molecule has 0 aromatic heterocycles. The van der Waals surface area contributed by atoms with Crippen LogP contribution in [0.5, 0.6) is 0 Å². The number of hydrogen-bond donors (Lipinski definition) is 1. The van der Waals surface area contributed by atoms with Crippen LogP contribution in [0.25, 0.3) is 0 Å². The van der Waals surface area contributed by atoms with Crippen molar-refractivity contribution in [3.05, 3.63) is 39.9 Å². The lowest BCUT2D eigenvalue weighted by atomic mass is 9.99. The Bertz CT molecular complexity index is 613. The molecule has 3 aliphatic rings. The average molecular weight is 296 g/mol. The Labute approximate surface area is 120 Å². The first-order valence-corrected chi connectivity index (χ1v) is 7.02. The van der Waals surface area contributed by atoms with Gasteiger partial charge in [-0.1, -0.05) is 23.2 Å². The molecule has 4 rings (SSSR count). The van der Waals surface area contributed by atoms with Crippen molar-refractivity contribution in [2.45, 2.75) is 18.6 Å². The van der Waals surface area contributed by atoms with Crippen LogP contribution in [-0.4, -0.2) is 18.1 Å². The van der Waals surface area contributed by atoms with Crippen molar-refractivity contribution in [2.75, 3.05) is 5.32 Å². The van der Waals surface area contributed by atoms with E-state index in [2.05, 4.69) is 5.32 Å². The molecule has 2 heterocycles. The molecule has 2 fully saturated rings. The minimum atomic E-state index is -0.101. The molecule has 0 radical (unpaired) electrons. The number of hydrogen-bond acceptors (Lipinski definition) is 2. The fourth-order valence-corrected chi connectivity index (χ4v) is 3.35. The van der Waals surface area contributed by atoms with Crippen LogP contribution in [0.3, 0.4) is 0 Å². The van der Waals surface area contributed by atoms with Gasteiger partial charge in [0.1, 0.15) is 0 Å². The largest absolute Gasteiger partial charge is 0.365 e. The Morgan fingerprint density at radius 1 is 1.26 bits per heavy atom. The van der Waals surface area contributed by atoms with Crippen molar-refractivity contribution in [2.24, 2.45) is 11.8 Å². The Kier molecular flexibility index (Phi) is 2.47. The molecule has 4 atom stereocenters. The zero-order valence-electron chi connectivity index (χ0n) is 9.90. The van der Waals surface area contributed by atoms with Crippen LogP contribution in [0.15, 0.2) is 29.8 Å². The van der Waals surface area contributed by atoms with Crippen LogP contribution in [0.4, 0.5) is 5.69 Å². The van der Waals surface area contributed by atoms with Gasteiger partial charge in [-0.25, -0.2) is 0 Å². The normalized spacial score (nSPS) is 33.9. The molecule has 2 bridgehead atoms. The third-order valence-corrected chi connectivity index (χ3v) is 4.83. The van der Waals surface area contributed by atoms with Crippen LogP contribution in [0.1, 0.15) is 6.42 Å². The summed E-state index contributed by atoms with van der Waals surface area (Å²) in [7, 11) is 0. The molecular weight excluding hydrogens is 285 g/mol.